The lowest BCUT2D eigenvalue weighted by Crippen LogP contribution is -2.61. The molecule has 1 fully saturated rings. The van der Waals surface area contributed by atoms with Gasteiger partial charge in [-0.2, -0.15) is 0 Å². The first-order valence-corrected chi connectivity index (χ1v) is 20.3. The quantitative estimate of drug-likeness (QED) is 0.0665. The molecule has 0 radical (unpaired) electrons. The molecule has 1 rings (SSSR count). The molecule has 0 spiro atoms. The summed E-state index contributed by atoms with van der Waals surface area (Å²) in [5.74, 6) is 53.1. The predicted molar refractivity (Wildman–Crippen MR) is 232 cm³/mol. The van der Waals surface area contributed by atoms with E-state index in [1.807, 2.05) is 0 Å². The Hall–Kier alpha value is -6.18. The lowest BCUT2D eigenvalue weighted by Gasteiger charge is -2.41. The fraction of sp³-hybridized carbons (Fsp3) is 0.520. The Bertz CT molecular complexity index is 2120. The highest BCUT2D eigenvalue weighted by atomic mass is 16.7. The number of carbonyl (C=O) groups excluding carboxylic acids is 2. The number of hydrogen-bond donors (Lipinski definition) is 7. The van der Waals surface area contributed by atoms with Crippen LogP contribution in [0.3, 0.4) is 0 Å². The highest BCUT2D eigenvalue weighted by Crippen LogP contribution is 2.23. The lowest BCUT2D eigenvalue weighted by atomic mass is 9.98. The number of unbranched alkanes of at least 4 members (excludes halogenated alkanes) is 11. The number of carbonyl (C=O) groups is 2. The van der Waals surface area contributed by atoms with Crippen LogP contribution in [0.15, 0.2) is 0 Å². The van der Waals surface area contributed by atoms with Crippen molar-refractivity contribution in [3.8, 4) is 130 Å². The van der Waals surface area contributed by atoms with Gasteiger partial charge in [-0.3, -0.25) is 9.59 Å². The van der Waals surface area contributed by atoms with Crippen molar-refractivity contribution < 1.29 is 44.6 Å². The van der Waals surface area contributed by atoms with Crippen molar-refractivity contribution in [1.29, 1.82) is 0 Å². The van der Waals surface area contributed by atoms with Gasteiger partial charge < -0.3 is 45.6 Å². The van der Waals surface area contributed by atoms with Crippen molar-refractivity contribution in [1.82, 2.24) is 10.6 Å². The predicted octanol–water partition coefficient (Wildman–Crippen LogP) is 1.30. The molecule has 0 saturated carbocycles. The first kappa shape index (κ1) is 52.8. The third-order valence-electron chi connectivity index (χ3n) is 8.63. The first-order chi connectivity index (χ1) is 29.6. The van der Waals surface area contributed by atoms with E-state index < -0.39 is 67.4 Å². The second-order valence-corrected chi connectivity index (χ2v) is 13.5. The van der Waals surface area contributed by atoms with Gasteiger partial charge in [0.2, 0.25) is 5.91 Å². The molecule has 2 amide bonds. The second kappa shape index (κ2) is 35.7. The van der Waals surface area contributed by atoms with Crippen LogP contribution in [-0.4, -0.2) is 99.5 Å². The van der Waals surface area contributed by atoms with Crippen molar-refractivity contribution in [2.24, 2.45) is 0 Å². The molecule has 1 saturated heterocycles. The molecule has 0 bridgehead atoms. The molecule has 7 N–H and O–H groups in total. The molecular weight excluding hydrogens is 773 g/mol. The van der Waals surface area contributed by atoms with E-state index in [4.69, 9.17) is 9.47 Å². The van der Waals surface area contributed by atoms with Crippen molar-refractivity contribution in [2.45, 2.75) is 153 Å². The average molecular weight is 827 g/mol. The summed E-state index contributed by atoms with van der Waals surface area (Å²) < 4.78 is 11.3. The number of rotatable bonds is 21. The van der Waals surface area contributed by atoms with Gasteiger partial charge in [-0.1, -0.05) is 89.9 Å². The van der Waals surface area contributed by atoms with Crippen molar-refractivity contribution in [3.63, 3.8) is 0 Å². The first-order valence-electron chi connectivity index (χ1n) is 20.3. The third kappa shape index (κ3) is 27.3. The number of amides is 2. The zero-order valence-electron chi connectivity index (χ0n) is 35.1. The number of hydrogen-bond acceptors (Lipinski definition) is 9. The summed E-state index contributed by atoms with van der Waals surface area (Å²) in [5, 5.41) is 58.2. The van der Waals surface area contributed by atoms with Gasteiger partial charge >= 0.3 is 0 Å². The Morgan fingerprint density at radius 1 is 0.607 bits per heavy atom. The Morgan fingerprint density at radius 3 is 1.48 bits per heavy atom. The Kier molecular flexibility index (Phi) is 31.0. The fourth-order valence-electron chi connectivity index (χ4n) is 5.44. The molecular formula is C50H54N2O9. The maximum atomic E-state index is 12.8. The maximum absolute atomic E-state index is 12.8. The summed E-state index contributed by atoms with van der Waals surface area (Å²) in [5.41, 5.74) is 0. The molecule has 0 aromatic heterocycles. The zero-order chi connectivity index (χ0) is 44.8. The maximum Gasteiger partial charge on any atom is 0.297 e. The van der Waals surface area contributed by atoms with Crippen molar-refractivity contribution in [2.75, 3.05) is 13.2 Å². The monoisotopic (exact) mass is 826 g/mol. The van der Waals surface area contributed by atoms with Gasteiger partial charge in [0, 0.05) is 43.1 Å². The van der Waals surface area contributed by atoms with Crippen molar-refractivity contribution in [3.05, 3.63) is 0 Å². The van der Waals surface area contributed by atoms with Crippen LogP contribution < -0.4 is 10.6 Å². The van der Waals surface area contributed by atoms with Crippen LogP contribution >= 0.6 is 0 Å². The van der Waals surface area contributed by atoms with E-state index in [-0.39, 0.29) is 13.0 Å². The average Bonchev–Trinajstić information content (AvgIpc) is 3.24. The molecule has 1 aliphatic heterocycles. The van der Waals surface area contributed by atoms with Crippen LogP contribution in [0, 0.1) is 130 Å². The highest BCUT2D eigenvalue weighted by molar-refractivity contribution is 5.94. The number of ether oxygens (including phenoxy) is 2. The van der Waals surface area contributed by atoms with E-state index in [1.165, 1.54) is 51.9 Å². The van der Waals surface area contributed by atoms with E-state index in [0.29, 0.717) is 6.42 Å². The van der Waals surface area contributed by atoms with Gasteiger partial charge in [0.15, 0.2) is 6.29 Å². The molecule has 6 unspecified atom stereocenters. The van der Waals surface area contributed by atoms with Gasteiger partial charge in [0.25, 0.3) is 5.91 Å². The largest absolute Gasteiger partial charge is 0.390 e. The minimum absolute atomic E-state index is 0.184. The summed E-state index contributed by atoms with van der Waals surface area (Å²) in [6.07, 6.45) is 3.55. The Labute approximate surface area is 362 Å². The molecule has 1 aliphatic rings. The van der Waals surface area contributed by atoms with E-state index in [1.54, 1.807) is 6.92 Å². The van der Waals surface area contributed by atoms with Crippen LogP contribution in [0.4, 0.5) is 0 Å². The standard InChI is InChI=1S/C50H54N2O9/c1-4-6-8-10-12-14-16-18-19-20-21-22-23-24-25-26-28-30-32-34-36-38-45(55)52-42(40-60-50-49(59)48(58)47(57)44(61-50)39-51-41(3)53)46(56)43(54)37-35-33-31-29-27-17-15-13-11-9-7-5-2/h42-44,46-50,54,56-59H,5,7,9,11,13,15,17,27,29,31,33,35,37,39-40H2,1-3H3,(H,51,53)(H,52,55)/t42?,43-,44?,46+,47?,48?,49?,50?/m1/s1. The molecule has 0 aromatic rings. The lowest BCUT2D eigenvalue weighted by molar-refractivity contribution is -0.297. The second-order valence-electron chi connectivity index (χ2n) is 13.5. The van der Waals surface area contributed by atoms with Crippen LogP contribution in [0.25, 0.3) is 0 Å². The number of nitrogens with one attached hydrogen (secondary N) is 2. The van der Waals surface area contributed by atoms with Crippen LogP contribution in [0.2, 0.25) is 0 Å². The van der Waals surface area contributed by atoms with E-state index in [0.717, 1.165) is 25.7 Å². The minimum atomic E-state index is -1.71. The zero-order valence-corrected chi connectivity index (χ0v) is 35.1. The molecule has 61 heavy (non-hydrogen) atoms. The Balaban J connectivity index is 2.83. The highest BCUT2D eigenvalue weighted by Gasteiger charge is 2.44. The summed E-state index contributed by atoms with van der Waals surface area (Å²) in [4.78, 5) is 24.2. The van der Waals surface area contributed by atoms with Gasteiger partial charge in [-0.25, -0.2) is 0 Å². The number of aliphatic hydroxyl groups is 5. The normalized spacial score (nSPS) is 17.8. The molecule has 318 valence electrons. The third-order valence-corrected chi connectivity index (χ3v) is 8.63. The fourth-order valence-corrected chi connectivity index (χ4v) is 5.44. The Morgan fingerprint density at radius 2 is 1.03 bits per heavy atom. The van der Waals surface area contributed by atoms with Crippen LogP contribution in [-0.2, 0) is 19.1 Å². The van der Waals surface area contributed by atoms with E-state index in [9.17, 15) is 35.1 Å². The molecule has 11 nitrogen and oxygen atoms in total. The van der Waals surface area contributed by atoms with Gasteiger partial charge in [-0.15, -0.1) is 0 Å². The molecule has 1 heterocycles. The summed E-state index contributed by atoms with van der Waals surface area (Å²) >= 11 is 0. The molecule has 11 heteroatoms. The van der Waals surface area contributed by atoms with Crippen molar-refractivity contribution >= 4 is 11.8 Å². The summed E-state index contributed by atoms with van der Waals surface area (Å²) in [6.45, 7) is 4.47. The van der Waals surface area contributed by atoms with E-state index in [2.05, 4.69) is 148 Å². The molecule has 8 atom stereocenters. The van der Waals surface area contributed by atoms with Gasteiger partial charge in [0.05, 0.1) is 18.8 Å². The number of aliphatic hydroxyl groups excluding tert-OH is 5. The summed E-state index contributed by atoms with van der Waals surface area (Å²) in [6, 6.07) is -1.24. The van der Waals surface area contributed by atoms with Gasteiger partial charge in [0.1, 0.15) is 30.5 Å². The van der Waals surface area contributed by atoms with Gasteiger partial charge in [-0.05, 0) is 108 Å². The van der Waals surface area contributed by atoms with E-state index >= 15 is 0 Å². The van der Waals surface area contributed by atoms with Crippen LogP contribution in [0.1, 0.15) is 104 Å². The topological polar surface area (TPSA) is 178 Å². The molecule has 0 aromatic carbocycles. The smallest absolute Gasteiger partial charge is 0.297 e. The molecule has 0 aliphatic carbocycles. The summed E-state index contributed by atoms with van der Waals surface area (Å²) in [7, 11) is 0. The SMILES string of the molecule is CC#CC#CC#CC#CC#CC#CC#CC#CC#CC#CC#CC(=O)NC(COC1OC(CNC(C)=O)C(O)C(O)C1O)[C@H](O)[C@H](O)CCCCCCCCCCCCCC. The van der Waals surface area contributed by atoms with Crippen LogP contribution in [0.5, 0.6) is 0 Å². The minimum Gasteiger partial charge on any atom is -0.390 e.